The van der Waals surface area contributed by atoms with Gasteiger partial charge in [0.15, 0.2) is 0 Å². The van der Waals surface area contributed by atoms with Crippen molar-refractivity contribution in [1.82, 2.24) is 24.7 Å². The molecule has 4 aromatic rings. The summed E-state index contributed by atoms with van der Waals surface area (Å²) < 4.78 is 42.7. The second kappa shape index (κ2) is 8.51. The number of fused-ring (bicyclic) bond motifs is 2. The quantitative estimate of drug-likeness (QED) is 0.319. The number of aromatic nitrogens is 5. The molecule has 1 aliphatic rings. The molecule has 3 heterocycles. The zero-order valence-electron chi connectivity index (χ0n) is 16.9. The van der Waals surface area contributed by atoms with Crippen LogP contribution < -0.4 is 9.62 Å². The van der Waals surface area contributed by atoms with Gasteiger partial charge in [0.05, 0.1) is 35.3 Å². The number of benzene rings is 2. The Morgan fingerprint density at radius 2 is 1.91 bits per heavy atom. The fourth-order valence-corrected chi connectivity index (χ4v) is 4.25. The lowest BCUT2D eigenvalue weighted by atomic mass is 9.97. The van der Waals surface area contributed by atoms with E-state index in [-0.39, 0.29) is 11.9 Å². The highest BCUT2D eigenvalue weighted by Gasteiger charge is 2.38. The summed E-state index contributed by atoms with van der Waals surface area (Å²) in [6.07, 6.45) is 2.96. The first-order valence-corrected chi connectivity index (χ1v) is 10.9. The maximum atomic E-state index is 13.0. The van der Waals surface area contributed by atoms with E-state index in [0.717, 1.165) is 0 Å². The lowest BCUT2D eigenvalue weighted by molar-refractivity contribution is -0.0324. The third-order valence-corrected chi connectivity index (χ3v) is 5.79. The fraction of sp³-hybridized carbons (Fsp3) is 0.0952. The first kappa shape index (κ1) is 22.0. The van der Waals surface area contributed by atoms with E-state index in [0.29, 0.717) is 33.2 Å². The first-order chi connectivity index (χ1) is 16.4. The van der Waals surface area contributed by atoms with Gasteiger partial charge in [-0.25, -0.2) is 9.97 Å². The van der Waals surface area contributed by atoms with E-state index in [2.05, 4.69) is 31.0 Å². The van der Waals surface area contributed by atoms with E-state index in [1.165, 1.54) is 10.9 Å². The normalized spacial score (nSPS) is 14.8. The number of alkyl halides is 3. The molecule has 0 spiro atoms. The third kappa shape index (κ3) is 4.00. The second-order valence-electron chi connectivity index (χ2n) is 7.10. The van der Waals surface area contributed by atoms with Crippen molar-refractivity contribution in [3.8, 4) is 6.07 Å². The van der Waals surface area contributed by atoms with Gasteiger partial charge in [-0.2, -0.15) is 18.4 Å². The predicted molar refractivity (Wildman–Crippen MR) is 121 cm³/mol. The Morgan fingerprint density at radius 1 is 1.12 bits per heavy atom. The number of nitriles is 1. The van der Waals surface area contributed by atoms with Gasteiger partial charge in [-0.1, -0.05) is 29.8 Å². The molecule has 13 heteroatoms. The van der Waals surface area contributed by atoms with E-state index in [4.69, 9.17) is 16.9 Å². The van der Waals surface area contributed by atoms with Crippen molar-refractivity contribution in [1.29, 1.82) is 5.26 Å². The van der Waals surface area contributed by atoms with Gasteiger partial charge in [-0.05, 0) is 35.9 Å². The van der Waals surface area contributed by atoms with E-state index in [9.17, 15) is 13.2 Å². The highest BCUT2D eigenvalue weighted by Crippen LogP contribution is 2.47. The number of hydrogen-bond donors (Lipinski definition) is 1. The van der Waals surface area contributed by atoms with Crippen LogP contribution in [0, 0.1) is 11.3 Å². The monoisotopic (exact) mass is 500 g/mol. The van der Waals surface area contributed by atoms with Crippen LogP contribution in [0.3, 0.4) is 0 Å². The van der Waals surface area contributed by atoms with Crippen LogP contribution in [0.4, 0.5) is 36.6 Å². The molecule has 0 amide bonds. The summed E-state index contributed by atoms with van der Waals surface area (Å²) in [5.41, 5.74) is -2.23. The minimum Gasteiger partial charge on any atom is -0.291 e. The van der Waals surface area contributed by atoms with E-state index >= 15 is 0 Å². The molecule has 2 aromatic heterocycles. The largest absolute Gasteiger partial charge is 0.461 e. The summed E-state index contributed by atoms with van der Waals surface area (Å²) >= 11 is 5.77. The Labute approximate surface area is 200 Å². The second-order valence-corrected chi connectivity index (χ2v) is 8.40. The van der Waals surface area contributed by atoms with Gasteiger partial charge >= 0.3 is 5.51 Å². The Balaban J connectivity index is 1.73. The van der Waals surface area contributed by atoms with Crippen LogP contribution >= 0.6 is 23.5 Å². The van der Waals surface area contributed by atoms with Gasteiger partial charge in [-0.15, -0.1) is 10.2 Å². The number of nitrogens with one attached hydrogen (secondary N) is 1. The maximum Gasteiger partial charge on any atom is 0.461 e. The van der Waals surface area contributed by atoms with Gasteiger partial charge in [0.2, 0.25) is 11.9 Å². The lowest BCUT2D eigenvalue weighted by Crippen LogP contribution is -2.29. The van der Waals surface area contributed by atoms with E-state index in [1.54, 1.807) is 59.6 Å². The molecule has 1 aliphatic heterocycles. The van der Waals surface area contributed by atoms with Crippen LogP contribution in [0.5, 0.6) is 0 Å². The molecule has 2 aromatic carbocycles. The molecule has 1 unspecified atom stereocenters. The molecule has 170 valence electrons. The summed E-state index contributed by atoms with van der Waals surface area (Å²) in [5.74, 6) is 0.586. The molecule has 0 bridgehead atoms. The average Bonchev–Trinajstić information content (AvgIpc) is 3.24. The van der Waals surface area contributed by atoms with Crippen molar-refractivity contribution >= 4 is 47.0 Å². The van der Waals surface area contributed by atoms with Crippen LogP contribution in [0.15, 0.2) is 61.1 Å². The van der Waals surface area contributed by atoms with Crippen LogP contribution in [0.1, 0.15) is 22.7 Å². The fourth-order valence-electron chi connectivity index (χ4n) is 3.72. The number of halogens is 4. The molecule has 0 aliphatic carbocycles. The Hall–Kier alpha value is -3.82. The number of anilines is 4. The van der Waals surface area contributed by atoms with E-state index in [1.807, 2.05) is 0 Å². The van der Waals surface area contributed by atoms with Crippen molar-refractivity contribution in [3.63, 3.8) is 0 Å². The van der Waals surface area contributed by atoms with Gasteiger partial charge in [0.25, 0.3) is 0 Å². The maximum absolute atomic E-state index is 13.0. The van der Waals surface area contributed by atoms with Gasteiger partial charge in [0.1, 0.15) is 12.1 Å². The third-order valence-electron chi connectivity index (χ3n) is 5.04. The summed E-state index contributed by atoms with van der Waals surface area (Å²) in [5, 5.41) is 17.8. The van der Waals surface area contributed by atoms with E-state index < -0.39 is 23.5 Å². The molecule has 0 saturated carbocycles. The van der Waals surface area contributed by atoms with Gasteiger partial charge < -0.3 is 0 Å². The molecular formula is C21H12ClF3N8S. The molecule has 0 saturated heterocycles. The SMILES string of the molecule is N#Cc1ccc(C2c3cncnc3N(c3cccc(Cl)c3)c3nnc(NSC(F)(F)F)n32)cc1. The van der Waals surface area contributed by atoms with Crippen LogP contribution in [-0.2, 0) is 0 Å². The molecule has 34 heavy (non-hydrogen) atoms. The number of nitrogens with zero attached hydrogens (tertiary/aromatic N) is 7. The smallest absolute Gasteiger partial charge is 0.291 e. The van der Waals surface area contributed by atoms with Crippen molar-refractivity contribution in [3.05, 3.63) is 82.8 Å². The average molecular weight is 501 g/mol. The summed E-state index contributed by atoms with van der Waals surface area (Å²) in [4.78, 5) is 10.2. The highest BCUT2D eigenvalue weighted by atomic mass is 35.5. The highest BCUT2D eigenvalue weighted by molar-refractivity contribution is 8.01. The van der Waals surface area contributed by atoms with Crippen molar-refractivity contribution in [2.45, 2.75) is 11.6 Å². The van der Waals surface area contributed by atoms with Crippen LogP contribution in [0.25, 0.3) is 0 Å². The summed E-state index contributed by atoms with van der Waals surface area (Å²) in [7, 11) is 0. The minimum atomic E-state index is -4.54. The Bertz CT molecular complexity index is 1400. The van der Waals surface area contributed by atoms with Gasteiger partial charge in [-0.3, -0.25) is 14.2 Å². The Kier molecular flexibility index (Phi) is 5.51. The molecular weight excluding hydrogens is 489 g/mol. The summed E-state index contributed by atoms with van der Waals surface area (Å²) in [6, 6.07) is 15.0. The van der Waals surface area contributed by atoms with Crippen LogP contribution in [-0.4, -0.2) is 30.2 Å². The van der Waals surface area contributed by atoms with Crippen LogP contribution in [0.2, 0.25) is 5.02 Å². The van der Waals surface area contributed by atoms with Gasteiger partial charge in [0, 0.05) is 16.8 Å². The molecule has 0 radical (unpaired) electrons. The number of rotatable bonds is 4. The molecule has 0 fully saturated rings. The zero-order valence-corrected chi connectivity index (χ0v) is 18.5. The number of hydrogen-bond acceptors (Lipinski definition) is 8. The van der Waals surface area contributed by atoms with Crippen molar-refractivity contribution in [2.75, 3.05) is 9.62 Å². The first-order valence-electron chi connectivity index (χ1n) is 9.67. The standard InChI is InChI=1S/C21H12ClF3N8S/c22-14-2-1-3-15(8-14)32-18-16(10-27-11-28-18)17(13-6-4-12(9-26)5-7-13)33-19(29-30-20(32)33)31-34-21(23,24)25/h1-8,10-11,17H,(H,29,31). The lowest BCUT2D eigenvalue weighted by Gasteiger charge is -2.35. The molecule has 1 N–H and O–H groups in total. The summed E-state index contributed by atoms with van der Waals surface area (Å²) in [6.45, 7) is 0. The minimum absolute atomic E-state index is 0.117. The Morgan fingerprint density at radius 3 is 2.62 bits per heavy atom. The molecule has 8 nitrogen and oxygen atoms in total. The molecule has 5 rings (SSSR count). The predicted octanol–water partition coefficient (Wildman–Crippen LogP) is 5.59. The molecule has 1 atom stereocenters. The van der Waals surface area contributed by atoms with Crippen molar-refractivity contribution < 1.29 is 13.2 Å². The zero-order chi connectivity index (χ0) is 23.9. The topological polar surface area (TPSA) is 95.6 Å². The van der Waals surface area contributed by atoms with Crippen molar-refractivity contribution in [2.24, 2.45) is 0 Å².